The van der Waals surface area contributed by atoms with Crippen molar-refractivity contribution in [3.63, 3.8) is 0 Å². The minimum absolute atomic E-state index is 0.0630. The van der Waals surface area contributed by atoms with Crippen LogP contribution in [-0.4, -0.2) is 41.0 Å². The molecule has 1 amide bonds. The van der Waals surface area contributed by atoms with Crippen LogP contribution in [-0.2, 0) is 19.1 Å². The molecule has 0 radical (unpaired) electrons. The van der Waals surface area contributed by atoms with Crippen molar-refractivity contribution in [3.8, 4) is 5.69 Å². The monoisotopic (exact) mass is 556 g/mol. The second-order valence-electron chi connectivity index (χ2n) is 10.6. The third kappa shape index (κ3) is 5.26. The molecule has 2 atom stereocenters. The second kappa shape index (κ2) is 11.5. The van der Waals surface area contributed by atoms with E-state index in [4.69, 9.17) is 21.1 Å². The average molecular weight is 557 g/mol. The number of halogens is 1. The second-order valence-corrected chi connectivity index (χ2v) is 11.1. The Labute approximate surface area is 239 Å². The van der Waals surface area contributed by atoms with Gasteiger partial charge in [0.15, 0.2) is 0 Å². The summed E-state index contributed by atoms with van der Waals surface area (Å²) in [6.45, 7) is 3.50. The lowest BCUT2D eigenvalue weighted by Crippen LogP contribution is -2.39. The molecule has 4 aromatic rings. The molecule has 1 aromatic heterocycles. The van der Waals surface area contributed by atoms with Gasteiger partial charge in [-0.25, -0.2) is 0 Å². The molecular formula is C33H33ClN2O4. The third-order valence-corrected chi connectivity index (χ3v) is 8.37. The fourth-order valence-corrected chi connectivity index (χ4v) is 6.32. The number of piperidine rings is 1. The molecule has 2 aliphatic rings. The molecule has 1 saturated heterocycles. The Bertz CT molecular complexity index is 1530. The van der Waals surface area contributed by atoms with Crippen molar-refractivity contribution in [1.82, 2.24) is 9.47 Å². The van der Waals surface area contributed by atoms with E-state index in [0.29, 0.717) is 31.1 Å². The van der Waals surface area contributed by atoms with Gasteiger partial charge in [-0.2, -0.15) is 0 Å². The van der Waals surface area contributed by atoms with Crippen molar-refractivity contribution in [2.24, 2.45) is 5.92 Å². The van der Waals surface area contributed by atoms with Crippen LogP contribution in [0, 0.1) is 5.92 Å². The average Bonchev–Trinajstić information content (AvgIpc) is 3.41. The Morgan fingerprint density at radius 1 is 0.950 bits per heavy atom. The van der Waals surface area contributed by atoms with Gasteiger partial charge in [0.25, 0.3) is 0 Å². The van der Waals surface area contributed by atoms with Crippen LogP contribution >= 0.6 is 11.6 Å². The zero-order valence-electron chi connectivity index (χ0n) is 22.6. The van der Waals surface area contributed by atoms with Crippen LogP contribution < -0.4 is 0 Å². The first-order valence-corrected chi connectivity index (χ1v) is 14.4. The first kappa shape index (κ1) is 26.6. The first-order valence-electron chi connectivity index (χ1n) is 14.1. The van der Waals surface area contributed by atoms with Gasteiger partial charge in [0, 0.05) is 36.3 Å². The minimum atomic E-state index is -0.449. The predicted octanol–water partition coefficient (Wildman–Crippen LogP) is 7.03. The Morgan fingerprint density at radius 2 is 1.75 bits per heavy atom. The number of hydrogen-bond acceptors (Lipinski definition) is 4. The van der Waals surface area contributed by atoms with Crippen molar-refractivity contribution in [2.45, 2.75) is 44.8 Å². The van der Waals surface area contributed by atoms with Gasteiger partial charge in [-0.3, -0.25) is 9.59 Å². The van der Waals surface area contributed by atoms with Crippen LogP contribution in [0.2, 0.25) is 5.02 Å². The smallest absolute Gasteiger partial charge is 0.306 e. The normalized spacial score (nSPS) is 19.1. The molecule has 0 N–H and O–H groups in total. The molecule has 3 aromatic carbocycles. The lowest BCUT2D eigenvalue weighted by molar-refractivity contribution is -0.144. The molecule has 0 bridgehead atoms. The van der Waals surface area contributed by atoms with E-state index >= 15 is 0 Å². The molecule has 0 aliphatic carbocycles. The van der Waals surface area contributed by atoms with Crippen molar-refractivity contribution >= 4 is 34.2 Å². The van der Waals surface area contributed by atoms with Crippen LogP contribution in [0.1, 0.15) is 61.6 Å². The van der Waals surface area contributed by atoms with Crippen molar-refractivity contribution in [1.29, 1.82) is 0 Å². The maximum Gasteiger partial charge on any atom is 0.306 e. The summed E-state index contributed by atoms with van der Waals surface area (Å²) < 4.78 is 14.2. The lowest BCUT2D eigenvalue weighted by atomic mass is 9.93. The summed E-state index contributed by atoms with van der Waals surface area (Å²) in [5.74, 6) is 0.163. The summed E-state index contributed by atoms with van der Waals surface area (Å²) in [5.41, 5.74) is 3.95. The Morgan fingerprint density at radius 3 is 2.58 bits per heavy atom. The fraction of sp³-hybridized carbons (Fsp3) is 0.333. The molecule has 1 fully saturated rings. The summed E-state index contributed by atoms with van der Waals surface area (Å²) in [6.07, 6.45) is 3.42. The molecule has 206 valence electrons. The number of hydrogen-bond donors (Lipinski definition) is 0. The number of likely N-dealkylation sites (tertiary alicyclic amines) is 1. The van der Waals surface area contributed by atoms with Crippen LogP contribution in [0.4, 0.5) is 0 Å². The quantitative estimate of drug-likeness (QED) is 0.239. The van der Waals surface area contributed by atoms with Gasteiger partial charge in [0.05, 0.1) is 24.4 Å². The van der Waals surface area contributed by atoms with E-state index < -0.39 is 12.2 Å². The van der Waals surface area contributed by atoms with E-state index in [9.17, 15) is 9.59 Å². The van der Waals surface area contributed by atoms with Gasteiger partial charge in [-0.05, 0) is 72.4 Å². The maximum absolute atomic E-state index is 13.6. The third-order valence-electron chi connectivity index (χ3n) is 8.14. The number of aromatic nitrogens is 1. The van der Waals surface area contributed by atoms with E-state index in [1.165, 1.54) is 0 Å². The van der Waals surface area contributed by atoms with Crippen LogP contribution in [0.5, 0.6) is 0 Å². The molecule has 40 heavy (non-hydrogen) atoms. The molecule has 0 unspecified atom stereocenters. The standard InChI is InChI=1S/C33H33ClN2O4/c1-2-39-32(38)19-22-14-17-35(18-15-22)31(37)21-30-29-11-6-16-36(29)28-13-12-24(34)20-27(28)33(40-30)26-10-5-8-23-7-3-4-9-25(23)26/h3-13,16,20,22,30,33H,2,14-15,17-19,21H2,1H3/t30-,33-/m0/s1. The SMILES string of the molecule is CCOC(=O)CC1CCN(C(=O)C[C@@H]2O[C@@H](c3cccc4ccccc34)c3cc(Cl)ccc3-n3cccc32)CC1. The fourth-order valence-electron chi connectivity index (χ4n) is 6.14. The number of carbonyl (C=O) groups excluding carboxylic acids is 2. The van der Waals surface area contributed by atoms with E-state index in [0.717, 1.165) is 46.1 Å². The van der Waals surface area contributed by atoms with Crippen molar-refractivity contribution in [2.75, 3.05) is 19.7 Å². The minimum Gasteiger partial charge on any atom is -0.466 e. The number of esters is 1. The first-order chi connectivity index (χ1) is 19.5. The zero-order chi connectivity index (χ0) is 27.6. The van der Waals surface area contributed by atoms with Gasteiger partial charge in [-0.15, -0.1) is 0 Å². The Balaban J connectivity index is 1.29. The van der Waals surface area contributed by atoms with E-state index in [1.807, 2.05) is 60.5 Å². The van der Waals surface area contributed by atoms with Gasteiger partial charge in [0.1, 0.15) is 12.2 Å². The van der Waals surface area contributed by atoms with Gasteiger partial charge in [0.2, 0.25) is 5.91 Å². The van der Waals surface area contributed by atoms with E-state index in [1.54, 1.807) is 0 Å². The zero-order valence-corrected chi connectivity index (χ0v) is 23.3. The summed E-state index contributed by atoms with van der Waals surface area (Å²) in [4.78, 5) is 27.5. The Kier molecular flexibility index (Phi) is 7.63. The number of nitrogens with zero attached hydrogens (tertiary/aromatic N) is 2. The highest BCUT2D eigenvalue weighted by Crippen LogP contribution is 2.44. The van der Waals surface area contributed by atoms with Crippen LogP contribution in [0.3, 0.4) is 0 Å². The number of ether oxygens (including phenoxy) is 2. The topological polar surface area (TPSA) is 60.8 Å². The molecule has 3 heterocycles. The van der Waals surface area contributed by atoms with Gasteiger partial charge >= 0.3 is 5.97 Å². The Hall–Kier alpha value is -3.61. The predicted molar refractivity (Wildman–Crippen MR) is 156 cm³/mol. The molecule has 2 aliphatic heterocycles. The van der Waals surface area contributed by atoms with Gasteiger partial charge in [-0.1, -0.05) is 54.1 Å². The molecule has 6 nitrogen and oxygen atoms in total. The number of fused-ring (bicyclic) bond motifs is 4. The highest BCUT2D eigenvalue weighted by atomic mass is 35.5. The largest absolute Gasteiger partial charge is 0.466 e. The maximum atomic E-state index is 13.6. The number of carbonyl (C=O) groups is 2. The number of rotatable bonds is 6. The highest BCUT2D eigenvalue weighted by Gasteiger charge is 2.34. The lowest BCUT2D eigenvalue weighted by Gasteiger charge is -2.33. The highest BCUT2D eigenvalue weighted by molar-refractivity contribution is 6.30. The van der Waals surface area contributed by atoms with Crippen molar-refractivity contribution < 1.29 is 19.1 Å². The van der Waals surface area contributed by atoms with Crippen LogP contribution in [0.15, 0.2) is 79.0 Å². The summed E-state index contributed by atoms with van der Waals surface area (Å²) in [7, 11) is 0. The van der Waals surface area contributed by atoms with Gasteiger partial charge < -0.3 is 18.9 Å². The summed E-state index contributed by atoms with van der Waals surface area (Å²) in [5, 5.41) is 2.89. The number of benzene rings is 3. The number of amides is 1. The van der Waals surface area contributed by atoms with Crippen molar-refractivity contribution in [3.05, 3.63) is 101 Å². The molecular weight excluding hydrogens is 524 g/mol. The summed E-state index contributed by atoms with van der Waals surface area (Å²) in [6, 6.07) is 24.5. The van der Waals surface area contributed by atoms with E-state index in [2.05, 4.69) is 34.9 Å². The summed E-state index contributed by atoms with van der Waals surface area (Å²) >= 11 is 6.53. The molecule has 0 spiro atoms. The molecule has 6 rings (SSSR count). The molecule has 0 saturated carbocycles. The molecule has 7 heteroatoms. The van der Waals surface area contributed by atoms with E-state index in [-0.39, 0.29) is 24.2 Å². The van der Waals surface area contributed by atoms with Crippen LogP contribution in [0.25, 0.3) is 16.5 Å².